The van der Waals surface area contributed by atoms with Gasteiger partial charge in [-0.25, -0.2) is 4.79 Å². The van der Waals surface area contributed by atoms with Gasteiger partial charge in [0, 0.05) is 6.42 Å². The Labute approximate surface area is 123 Å². The van der Waals surface area contributed by atoms with E-state index in [9.17, 15) is 9.90 Å². The van der Waals surface area contributed by atoms with Crippen molar-refractivity contribution >= 4 is 5.97 Å². The lowest BCUT2D eigenvalue weighted by Crippen LogP contribution is -2.26. The third-order valence-corrected chi connectivity index (χ3v) is 3.95. The molecule has 1 heterocycles. The highest BCUT2D eigenvalue weighted by atomic mass is 16.5. The molecule has 0 saturated heterocycles. The molecule has 3 heteroatoms. The van der Waals surface area contributed by atoms with Crippen molar-refractivity contribution in [3.05, 3.63) is 11.3 Å². The lowest BCUT2D eigenvalue weighted by atomic mass is 9.98. The van der Waals surface area contributed by atoms with Crippen LogP contribution in [-0.4, -0.2) is 17.2 Å². The molecule has 20 heavy (non-hydrogen) atoms. The molecule has 0 unspecified atom stereocenters. The molecule has 0 aromatic carbocycles. The molecule has 0 aromatic rings. The summed E-state index contributed by atoms with van der Waals surface area (Å²) in [4.78, 5) is 11.9. The van der Waals surface area contributed by atoms with Gasteiger partial charge in [0.25, 0.3) is 0 Å². The number of hydrogen-bond donors (Lipinski definition) is 1. The van der Waals surface area contributed by atoms with E-state index in [4.69, 9.17) is 4.74 Å². The Morgan fingerprint density at radius 3 is 2.30 bits per heavy atom. The Hall–Kier alpha value is -0.990. The maximum atomic E-state index is 11.9. The fourth-order valence-electron chi connectivity index (χ4n) is 2.66. The molecule has 3 nitrogen and oxygen atoms in total. The van der Waals surface area contributed by atoms with Crippen molar-refractivity contribution in [2.75, 3.05) is 0 Å². The number of ether oxygens (including phenoxy) is 1. The van der Waals surface area contributed by atoms with E-state index < -0.39 is 0 Å². The summed E-state index contributed by atoms with van der Waals surface area (Å²) < 4.78 is 5.45. The number of esters is 1. The van der Waals surface area contributed by atoms with Gasteiger partial charge in [0.1, 0.15) is 11.9 Å². The molecule has 1 N–H and O–H groups in total. The second-order valence-electron chi connectivity index (χ2n) is 5.82. The predicted octanol–water partition coefficient (Wildman–Crippen LogP) is 5.05. The Balaban J connectivity index is 2.35. The van der Waals surface area contributed by atoms with Crippen LogP contribution < -0.4 is 0 Å². The summed E-state index contributed by atoms with van der Waals surface area (Å²) in [6, 6.07) is 0. The van der Waals surface area contributed by atoms with Crippen molar-refractivity contribution in [1.29, 1.82) is 0 Å². The van der Waals surface area contributed by atoms with Crippen LogP contribution in [-0.2, 0) is 9.53 Å². The summed E-state index contributed by atoms with van der Waals surface area (Å²) in [7, 11) is 0. The van der Waals surface area contributed by atoms with Gasteiger partial charge in [0.15, 0.2) is 0 Å². The Morgan fingerprint density at radius 2 is 1.70 bits per heavy atom. The quantitative estimate of drug-likeness (QED) is 0.450. The smallest absolute Gasteiger partial charge is 0.337 e. The Bertz CT molecular complexity index is 320. The Kier molecular flexibility index (Phi) is 8.40. The number of hydrogen-bond acceptors (Lipinski definition) is 3. The van der Waals surface area contributed by atoms with Gasteiger partial charge in [-0.1, -0.05) is 52.4 Å². The average Bonchev–Trinajstić information content (AvgIpc) is 2.42. The van der Waals surface area contributed by atoms with Crippen LogP contribution in [0.15, 0.2) is 11.3 Å². The van der Waals surface area contributed by atoms with Crippen LogP contribution in [0.2, 0.25) is 0 Å². The van der Waals surface area contributed by atoms with Crippen molar-refractivity contribution in [1.82, 2.24) is 0 Å². The summed E-state index contributed by atoms with van der Waals surface area (Å²) in [6.07, 6.45) is 11.1. The fraction of sp³-hybridized carbons (Fsp3) is 0.824. The fourth-order valence-corrected chi connectivity index (χ4v) is 2.66. The van der Waals surface area contributed by atoms with Crippen molar-refractivity contribution in [2.24, 2.45) is 0 Å². The molecule has 0 fully saturated rings. The van der Waals surface area contributed by atoms with Crippen LogP contribution in [0.5, 0.6) is 0 Å². The lowest BCUT2D eigenvalue weighted by Gasteiger charge is -2.24. The van der Waals surface area contributed by atoms with Crippen molar-refractivity contribution < 1.29 is 14.6 Å². The van der Waals surface area contributed by atoms with E-state index in [2.05, 4.69) is 13.8 Å². The van der Waals surface area contributed by atoms with Crippen LogP contribution in [0.25, 0.3) is 0 Å². The van der Waals surface area contributed by atoms with E-state index in [1.807, 2.05) is 0 Å². The number of aliphatic hydroxyl groups excluding tert-OH is 1. The zero-order valence-corrected chi connectivity index (χ0v) is 13.1. The summed E-state index contributed by atoms with van der Waals surface area (Å²) in [5.74, 6) is -0.0102. The first kappa shape index (κ1) is 17.1. The van der Waals surface area contributed by atoms with Gasteiger partial charge in [0.05, 0.1) is 5.57 Å². The molecule has 1 rings (SSSR count). The molecule has 0 spiro atoms. The SMILES string of the molecule is CCCCCCC1=C(O)C[C@H](CCCCCC)OC1=O. The molecule has 116 valence electrons. The molecule has 1 aliphatic heterocycles. The molecular formula is C17H30O3. The number of aliphatic hydroxyl groups is 1. The van der Waals surface area contributed by atoms with Crippen molar-refractivity contribution in [2.45, 2.75) is 90.6 Å². The van der Waals surface area contributed by atoms with E-state index in [1.165, 1.54) is 32.1 Å². The Morgan fingerprint density at radius 1 is 1.05 bits per heavy atom. The zero-order chi connectivity index (χ0) is 14.8. The van der Waals surface area contributed by atoms with Crippen molar-refractivity contribution in [3.63, 3.8) is 0 Å². The maximum absolute atomic E-state index is 11.9. The summed E-state index contributed by atoms with van der Waals surface area (Å²) >= 11 is 0. The molecular weight excluding hydrogens is 252 g/mol. The first-order valence-electron chi connectivity index (χ1n) is 8.31. The third-order valence-electron chi connectivity index (χ3n) is 3.95. The average molecular weight is 282 g/mol. The standard InChI is InChI=1S/C17H30O3/c1-3-5-7-9-11-14-13-16(18)15(17(19)20-14)12-10-8-6-4-2/h14,18H,3-13H2,1-2H3/t14-/m0/s1. The molecule has 1 aliphatic rings. The number of unbranched alkanes of at least 4 members (excludes halogenated alkanes) is 6. The predicted molar refractivity (Wildman–Crippen MR) is 81.7 cm³/mol. The highest BCUT2D eigenvalue weighted by molar-refractivity contribution is 5.89. The minimum absolute atomic E-state index is 0.112. The van der Waals surface area contributed by atoms with Gasteiger partial charge in [-0.2, -0.15) is 0 Å². The van der Waals surface area contributed by atoms with E-state index in [-0.39, 0.29) is 17.8 Å². The van der Waals surface area contributed by atoms with E-state index >= 15 is 0 Å². The molecule has 0 aliphatic carbocycles. The number of carbonyl (C=O) groups is 1. The summed E-state index contributed by atoms with van der Waals surface area (Å²) in [5.41, 5.74) is 0.519. The highest BCUT2D eigenvalue weighted by Crippen LogP contribution is 2.26. The van der Waals surface area contributed by atoms with Gasteiger partial charge in [0.2, 0.25) is 0 Å². The summed E-state index contributed by atoms with van der Waals surface area (Å²) in [5, 5.41) is 10.0. The topological polar surface area (TPSA) is 46.5 Å². The van der Waals surface area contributed by atoms with Crippen molar-refractivity contribution in [3.8, 4) is 0 Å². The highest BCUT2D eigenvalue weighted by Gasteiger charge is 2.28. The minimum Gasteiger partial charge on any atom is -0.512 e. The van der Waals surface area contributed by atoms with Crippen LogP contribution in [0.4, 0.5) is 0 Å². The van der Waals surface area contributed by atoms with Gasteiger partial charge in [-0.05, 0) is 25.7 Å². The van der Waals surface area contributed by atoms with E-state index in [0.29, 0.717) is 18.4 Å². The van der Waals surface area contributed by atoms with E-state index in [1.54, 1.807) is 0 Å². The van der Waals surface area contributed by atoms with Gasteiger partial charge in [-0.15, -0.1) is 0 Å². The second-order valence-corrected chi connectivity index (χ2v) is 5.82. The summed E-state index contributed by atoms with van der Waals surface area (Å²) in [6.45, 7) is 4.34. The molecule has 0 saturated carbocycles. The molecule has 0 bridgehead atoms. The van der Waals surface area contributed by atoms with E-state index in [0.717, 1.165) is 25.7 Å². The van der Waals surface area contributed by atoms with Crippen LogP contribution in [0, 0.1) is 0 Å². The lowest BCUT2D eigenvalue weighted by molar-refractivity contribution is -0.147. The van der Waals surface area contributed by atoms with Crippen LogP contribution in [0.3, 0.4) is 0 Å². The van der Waals surface area contributed by atoms with Crippen LogP contribution >= 0.6 is 0 Å². The minimum atomic E-state index is -0.286. The third kappa shape index (κ3) is 5.98. The first-order chi connectivity index (χ1) is 9.69. The molecule has 0 radical (unpaired) electrons. The first-order valence-corrected chi connectivity index (χ1v) is 8.31. The van der Waals surface area contributed by atoms with Crippen LogP contribution in [0.1, 0.15) is 84.5 Å². The number of rotatable bonds is 10. The largest absolute Gasteiger partial charge is 0.512 e. The monoisotopic (exact) mass is 282 g/mol. The molecule has 0 aromatic heterocycles. The molecule has 1 atom stereocenters. The maximum Gasteiger partial charge on any atom is 0.337 e. The number of carbonyl (C=O) groups excluding carboxylic acids is 1. The van der Waals surface area contributed by atoms with Gasteiger partial charge < -0.3 is 9.84 Å². The zero-order valence-electron chi connectivity index (χ0n) is 13.1. The normalized spacial score (nSPS) is 19.3. The molecule has 0 amide bonds. The van der Waals surface area contributed by atoms with Gasteiger partial charge >= 0.3 is 5.97 Å². The number of cyclic esters (lactones) is 1. The second kappa shape index (κ2) is 9.84. The van der Waals surface area contributed by atoms with Gasteiger partial charge in [-0.3, -0.25) is 0 Å².